The Labute approximate surface area is 222 Å². The number of nitrogens with zero attached hydrogens (tertiary/aromatic N) is 3. The molecule has 0 aromatic heterocycles. The maximum atomic E-state index is 13.4. The average Bonchev–Trinajstić information content (AvgIpc) is 3.26. The van der Waals surface area contributed by atoms with E-state index in [4.69, 9.17) is 14.5 Å². The van der Waals surface area contributed by atoms with Gasteiger partial charge in [-0.1, -0.05) is 35.5 Å². The number of rotatable bonds is 7. The van der Waals surface area contributed by atoms with Gasteiger partial charge in [0.25, 0.3) is 0 Å². The zero-order valence-electron chi connectivity index (χ0n) is 22.2. The van der Waals surface area contributed by atoms with Gasteiger partial charge in [-0.3, -0.25) is 9.59 Å². The van der Waals surface area contributed by atoms with Crippen LogP contribution in [-0.4, -0.2) is 59.1 Å². The van der Waals surface area contributed by atoms with E-state index in [1.807, 2.05) is 36.0 Å². The number of hydrogen-bond donors (Lipinski definition) is 0. The van der Waals surface area contributed by atoms with Crippen LogP contribution < -0.4 is 0 Å². The number of ether oxygens (including phenoxy) is 2. The van der Waals surface area contributed by atoms with Crippen LogP contribution in [0.4, 0.5) is 0 Å². The first-order valence-electron chi connectivity index (χ1n) is 12.9. The molecule has 37 heavy (non-hydrogen) atoms. The Hall–Kier alpha value is -3.07. The molecule has 0 spiro atoms. The van der Waals surface area contributed by atoms with Crippen molar-refractivity contribution in [2.24, 2.45) is 10.9 Å². The van der Waals surface area contributed by atoms with Crippen molar-refractivity contribution in [1.82, 2.24) is 9.80 Å². The molecule has 1 amide bonds. The van der Waals surface area contributed by atoms with Crippen LogP contribution in [0.2, 0.25) is 0 Å². The molecule has 1 saturated heterocycles. The van der Waals surface area contributed by atoms with E-state index in [0.29, 0.717) is 43.8 Å². The first-order chi connectivity index (χ1) is 17.7. The lowest BCUT2D eigenvalue weighted by Gasteiger charge is -2.38. The third-order valence-electron chi connectivity index (χ3n) is 7.03. The zero-order chi connectivity index (χ0) is 26.7. The summed E-state index contributed by atoms with van der Waals surface area (Å²) in [6, 6.07) is 5.77. The van der Waals surface area contributed by atoms with E-state index >= 15 is 0 Å². The number of likely N-dealkylation sites (tertiary alicyclic amines) is 1. The Balaban J connectivity index is 1.59. The minimum absolute atomic E-state index is 0.000849. The molecule has 8 nitrogen and oxygen atoms in total. The van der Waals surface area contributed by atoms with E-state index in [2.05, 4.69) is 18.2 Å². The first-order valence-corrected chi connectivity index (χ1v) is 13.8. The fourth-order valence-corrected chi connectivity index (χ4v) is 6.04. The molecule has 0 saturated carbocycles. The highest BCUT2D eigenvalue weighted by molar-refractivity contribution is 8.16. The van der Waals surface area contributed by atoms with E-state index in [1.54, 1.807) is 13.8 Å². The lowest BCUT2D eigenvalue weighted by atomic mass is 9.90. The summed E-state index contributed by atoms with van der Waals surface area (Å²) in [6.45, 7) is 11.2. The van der Waals surface area contributed by atoms with Gasteiger partial charge in [-0.15, -0.1) is 0 Å². The van der Waals surface area contributed by atoms with Crippen molar-refractivity contribution < 1.29 is 23.9 Å². The molecule has 0 unspecified atom stereocenters. The molecule has 4 rings (SSSR count). The molecule has 0 aliphatic carbocycles. The van der Waals surface area contributed by atoms with Crippen molar-refractivity contribution >= 4 is 34.8 Å². The van der Waals surface area contributed by atoms with Gasteiger partial charge >= 0.3 is 11.9 Å². The summed E-state index contributed by atoms with van der Waals surface area (Å²) in [6.07, 6.45) is 1.40. The maximum absolute atomic E-state index is 13.4. The van der Waals surface area contributed by atoms with E-state index in [-0.39, 0.29) is 30.8 Å². The van der Waals surface area contributed by atoms with Crippen LogP contribution in [0.25, 0.3) is 0 Å². The molecule has 3 aliphatic rings. The monoisotopic (exact) mass is 525 g/mol. The molecular formula is C28H35N3O5S. The Kier molecular flexibility index (Phi) is 8.42. The summed E-state index contributed by atoms with van der Waals surface area (Å²) in [7, 11) is 0. The SMILES string of the molecule is CCOC(=O)C1=C(C)N=C2SC=C(CC(=O)N3CCC(C(=O)OCC)CC3)N2[C@H]1c1cc(C)ccc1C. The van der Waals surface area contributed by atoms with Crippen LogP contribution in [0.3, 0.4) is 0 Å². The second-order valence-electron chi connectivity index (χ2n) is 9.56. The van der Waals surface area contributed by atoms with Gasteiger partial charge in [-0.2, -0.15) is 0 Å². The number of aryl methyl sites for hydroxylation is 2. The predicted molar refractivity (Wildman–Crippen MR) is 143 cm³/mol. The summed E-state index contributed by atoms with van der Waals surface area (Å²) in [5, 5.41) is 2.71. The highest BCUT2D eigenvalue weighted by atomic mass is 32.2. The summed E-state index contributed by atoms with van der Waals surface area (Å²) >= 11 is 1.47. The number of hydrogen-bond acceptors (Lipinski definition) is 8. The van der Waals surface area contributed by atoms with Crippen LogP contribution in [0.15, 0.2) is 45.6 Å². The van der Waals surface area contributed by atoms with E-state index in [0.717, 1.165) is 27.6 Å². The van der Waals surface area contributed by atoms with Gasteiger partial charge < -0.3 is 19.3 Å². The average molecular weight is 526 g/mol. The second-order valence-corrected chi connectivity index (χ2v) is 10.4. The van der Waals surface area contributed by atoms with Gasteiger partial charge in [0, 0.05) is 18.8 Å². The van der Waals surface area contributed by atoms with Gasteiger partial charge in [0.05, 0.1) is 42.9 Å². The van der Waals surface area contributed by atoms with Crippen LogP contribution >= 0.6 is 11.8 Å². The molecule has 1 aromatic rings. The minimum atomic E-state index is -0.435. The molecule has 0 radical (unpaired) electrons. The Morgan fingerprint density at radius 2 is 1.76 bits per heavy atom. The van der Waals surface area contributed by atoms with Crippen molar-refractivity contribution in [3.05, 3.63) is 57.3 Å². The largest absolute Gasteiger partial charge is 0.466 e. The third-order valence-corrected chi connectivity index (χ3v) is 7.91. The van der Waals surface area contributed by atoms with Crippen LogP contribution in [0.5, 0.6) is 0 Å². The van der Waals surface area contributed by atoms with Crippen LogP contribution in [0.1, 0.15) is 62.8 Å². The zero-order valence-corrected chi connectivity index (χ0v) is 23.0. The summed E-state index contributed by atoms with van der Waals surface area (Å²) in [4.78, 5) is 47.2. The van der Waals surface area contributed by atoms with Gasteiger partial charge in [0.2, 0.25) is 5.91 Å². The normalized spacial score (nSPS) is 19.9. The predicted octanol–water partition coefficient (Wildman–Crippen LogP) is 4.63. The molecule has 3 heterocycles. The topological polar surface area (TPSA) is 88.5 Å². The molecule has 1 fully saturated rings. The van der Waals surface area contributed by atoms with Gasteiger partial charge in [-0.05, 0) is 64.0 Å². The molecule has 198 valence electrons. The summed E-state index contributed by atoms with van der Waals surface area (Å²) in [5.74, 6) is -0.722. The van der Waals surface area contributed by atoms with Crippen molar-refractivity contribution in [2.45, 2.75) is 59.9 Å². The Morgan fingerprint density at radius 3 is 2.43 bits per heavy atom. The molecule has 9 heteroatoms. The molecule has 0 bridgehead atoms. The van der Waals surface area contributed by atoms with Gasteiger partial charge in [0.1, 0.15) is 0 Å². The van der Waals surface area contributed by atoms with Crippen molar-refractivity contribution in [3.63, 3.8) is 0 Å². The van der Waals surface area contributed by atoms with Crippen LogP contribution in [0, 0.1) is 19.8 Å². The lowest BCUT2D eigenvalue weighted by molar-refractivity contribution is -0.151. The van der Waals surface area contributed by atoms with Crippen molar-refractivity contribution in [2.75, 3.05) is 26.3 Å². The van der Waals surface area contributed by atoms with Gasteiger partial charge in [-0.25, -0.2) is 9.79 Å². The second kappa shape index (κ2) is 11.5. The van der Waals surface area contributed by atoms with E-state index in [1.165, 1.54) is 11.8 Å². The number of piperidine rings is 1. The molecule has 0 N–H and O–H groups in total. The fraction of sp³-hybridized carbons (Fsp3) is 0.500. The first kappa shape index (κ1) is 27.0. The molecule has 1 atom stereocenters. The van der Waals surface area contributed by atoms with E-state index in [9.17, 15) is 14.4 Å². The fourth-order valence-electron chi connectivity index (χ4n) is 5.08. The number of fused-ring (bicyclic) bond motifs is 1. The number of carbonyl (C=O) groups is 3. The number of esters is 2. The highest BCUT2D eigenvalue weighted by Gasteiger charge is 2.42. The highest BCUT2D eigenvalue weighted by Crippen LogP contribution is 2.46. The van der Waals surface area contributed by atoms with E-state index < -0.39 is 12.0 Å². The van der Waals surface area contributed by atoms with Crippen molar-refractivity contribution in [3.8, 4) is 0 Å². The molecule has 1 aromatic carbocycles. The minimum Gasteiger partial charge on any atom is -0.466 e. The number of amidine groups is 1. The van der Waals surface area contributed by atoms with Crippen LogP contribution in [-0.2, 0) is 23.9 Å². The summed E-state index contributed by atoms with van der Waals surface area (Å²) < 4.78 is 10.6. The summed E-state index contributed by atoms with van der Waals surface area (Å²) in [5.41, 5.74) is 5.06. The quantitative estimate of drug-likeness (QED) is 0.480. The lowest BCUT2D eigenvalue weighted by Crippen LogP contribution is -2.42. The smallest absolute Gasteiger partial charge is 0.338 e. The Bertz CT molecular complexity index is 1180. The van der Waals surface area contributed by atoms with Gasteiger partial charge in [0.15, 0.2) is 5.17 Å². The number of aliphatic imine (C=N–C) groups is 1. The number of allylic oxidation sites excluding steroid dienone is 1. The molecule has 3 aliphatic heterocycles. The number of amides is 1. The number of benzene rings is 1. The van der Waals surface area contributed by atoms with Crippen molar-refractivity contribution in [1.29, 1.82) is 0 Å². The number of carbonyl (C=O) groups excluding carboxylic acids is 3. The Morgan fingerprint density at radius 1 is 1.05 bits per heavy atom. The maximum Gasteiger partial charge on any atom is 0.338 e. The number of thioether (sulfide) groups is 1. The standard InChI is InChI=1S/C28H35N3O5S/c1-6-35-26(33)20-10-12-30(13-11-20)23(32)15-21-16-37-28-29-19(5)24(27(34)36-7-2)25(31(21)28)22-14-17(3)8-9-18(22)4/h8-9,14,16,20,25H,6-7,10-13,15H2,1-5H3/t25-/m0/s1. The molecular weight excluding hydrogens is 490 g/mol. The third kappa shape index (κ3) is 5.61.